The topological polar surface area (TPSA) is 24.5 Å². The maximum absolute atomic E-state index is 5.86. The fourth-order valence-corrected chi connectivity index (χ4v) is 2.70. The summed E-state index contributed by atoms with van der Waals surface area (Å²) < 4.78 is 5.86. The van der Waals surface area contributed by atoms with Crippen molar-refractivity contribution in [2.75, 3.05) is 38.1 Å². The van der Waals surface area contributed by atoms with E-state index < -0.39 is 0 Å². The van der Waals surface area contributed by atoms with Gasteiger partial charge in [-0.3, -0.25) is 0 Å². The fourth-order valence-electron chi connectivity index (χ4n) is 2.70. The van der Waals surface area contributed by atoms with E-state index in [-0.39, 0.29) is 0 Å². The predicted molar refractivity (Wildman–Crippen MR) is 90.2 cm³/mol. The molecule has 0 saturated carbocycles. The highest BCUT2D eigenvalue weighted by Gasteiger charge is 2.14. The molecule has 0 spiro atoms. The second-order valence-corrected chi connectivity index (χ2v) is 6.15. The minimum absolute atomic E-state index is 0.805. The lowest BCUT2D eigenvalue weighted by atomic mass is 9.99. The van der Waals surface area contributed by atoms with Crippen LogP contribution in [0.4, 0.5) is 5.69 Å². The van der Waals surface area contributed by atoms with Gasteiger partial charge in [0.15, 0.2) is 0 Å². The maximum atomic E-state index is 5.86. The minimum atomic E-state index is 0.805. The van der Waals surface area contributed by atoms with Crippen LogP contribution in [0.2, 0.25) is 0 Å². The quantitative estimate of drug-likeness (QED) is 0.732. The Morgan fingerprint density at radius 1 is 1.24 bits per heavy atom. The number of ether oxygens (including phenoxy) is 1. The molecule has 2 rings (SSSR count). The Labute approximate surface area is 129 Å². The molecule has 1 N–H and O–H groups in total. The second-order valence-electron chi connectivity index (χ2n) is 6.15. The first-order valence-electron chi connectivity index (χ1n) is 8.47. The van der Waals surface area contributed by atoms with Crippen molar-refractivity contribution >= 4 is 5.69 Å². The van der Waals surface area contributed by atoms with E-state index in [1.807, 2.05) is 6.07 Å². The minimum Gasteiger partial charge on any atom is -0.491 e. The lowest BCUT2D eigenvalue weighted by Gasteiger charge is -2.30. The van der Waals surface area contributed by atoms with E-state index in [9.17, 15) is 0 Å². The molecule has 1 aliphatic rings. The van der Waals surface area contributed by atoms with Crippen LogP contribution in [0, 0.1) is 5.92 Å². The number of anilines is 1. The molecule has 0 aromatic heterocycles. The van der Waals surface area contributed by atoms with Gasteiger partial charge in [0.1, 0.15) is 5.75 Å². The van der Waals surface area contributed by atoms with Crippen LogP contribution in [0.3, 0.4) is 0 Å². The van der Waals surface area contributed by atoms with Gasteiger partial charge in [-0.2, -0.15) is 0 Å². The van der Waals surface area contributed by atoms with Crippen LogP contribution < -0.4 is 10.1 Å². The molecule has 1 aliphatic heterocycles. The highest BCUT2D eigenvalue weighted by molar-refractivity contribution is 5.56. The summed E-state index contributed by atoms with van der Waals surface area (Å²) in [5.41, 5.74) is 1.12. The molecule has 0 atom stereocenters. The van der Waals surface area contributed by atoms with Crippen molar-refractivity contribution < 1.29 is 4.74 Å². The van der Waals surface area contributed by atoms with Crippen LogP contribution in [0.15, 0.2) is 24.3 Å². The standard InChI is InChI=1S/C18H30N2O/c1-3-4-15-21-18-8-6-5-7-17(18)19-11-14-20-12-9-16(2)10-13-20/h5-8,16,19H,3-4,9-15H2,1-2H3. The molecule has 0 radical (unpaired) electrons. The SMILES string of the molecule is CCCCOc1ccccc1NCCN1CCC(C)CC1. The van der Waals surface area contributed by atoms with Gasteiger partial charge in [0.25, 0.3) is 0 Å². The van der Waals surface area contributed by atoms with E-state index in [2.05, 4.69) is 42.3 Å². The van der Waals surface area contributed by atoms with Crippen LogP contribution in [0.25, 0.3) is 0 Å². The van der Waals surface area contributed by atoms with E-state index in [0.29, 0.717) is 0 Å². The van der Waals surface area contributed by atoms with Gasteiger partial charge in [-0.15, -0.1) is 0 Å². The third-order valence-electron chi connectivity index (χ3n) is 4.26. The van der Waals surface area contributed by atoms with Crippen molar-refractivity contribution in [1.82, 2.24) is 4.90 Å². The average molecular weight is 290 g/mol. The van der Waals surface area contributed by atoms with Crippen LogP contribution in [-0.4, -0.2) is 37.7 Å². The normalized spacial score (nSPS) is 16.9. The van der Waals surface area contributed by atoms with E-state index in [1.54, 1.807) is 0 Å². The van der Waals surface area contributed by atoms with Crippen LogP contribution in [-0.2, 0) is 0 Å². The Kier molecular flexibility index (Phi) is 6.87. The van der Waals surface area contributed by atoms with Crippen molar-refractivity contribution in [2.24, 2.45) is 5.92 Å². The van der Waals surface area contributed by atoms with Crippen LogP contribution in [0.5, 0.6) is 5.75 Å². The Hall–Kier alpha value is -1.22. The molecule has 1 aromatic rings. The number of para-hydroxylation sites is 2. The smallest absolute Gasteiger partial charge is 0.142 e. The van der Waals surface area contributed by atoms with Crippen LogP contribution >= 0.6 is 0 Å². The van der Waals surface area contributed by atoms with Crippen molar-refractivity contribution in [3.8, 4) is 5.75 Å². The van der Waals surface area contributed by atoms with Crippen molar-refractivity contribution in [1.29, 1.82) is 0 Å². The number of likely N-dealkylation sites (tertiary alicyclic amines) is 1. The third kappa shape index (κ3) is 5.58. The maximum Gasteiger partial charge on any atom is 0.142 e. The molecule has 3 heteroatoms. The lowest BCUT2D eigenvalue weighted by molar-refractivity contribution is 0.199. The molecular weight excluding hydrogens is 260 g/mol. The Balaban J connectivity index is 1.74. The molecule has 0 bridgehead atoms. The number of hydrogen-bond donors (Lipinski definition) is 1. The summed E-state index contributed by atoms with van der Waals surface area (Å²) in [5, 5.41) is 3.53. The van der Waals surface area contributed by atoms with E-state index in [4.69, 9.17) is 4.74 Å². The second kappa shape index (κ2) is 8.93. The molecule has 0 amide bonds. The van der Waals surface area contributed by atoms with Crippen LogP contribution in [0.1, 0.15) is 39.5 Å². The summed E-state index contributed by atoms with van der Waals surface area (Å²) in [4.78, 5) is 2.56. The van der Waals surface area contributed by atoms with E-state index in [0.717, 1.165) is 43.5 Å². The molecule has 0 aliphatic carbocycles. The van der Waals surface area contributed by atoms with Gasteiger partial charge in [0, 0.05) is 13.1 Å². The molecule has 118 valence electrons. The number of nitrogens with one attached hydrogen (secondary N) is 1. The largest absolute Gasteiger partial charge is 0.491 e. The molecule has 1 heterocycles. The first-order chi connectivity index (χ1) is 10.3. The van der Waals surface area contributed by atoms with Gasteiger partial charge in [-0.05, 0) is 50.4 Å². The summed E-state index contributed by atoms with van der Waals surface area (Å²) in [5.74, 6) is 1.89. The average Bonchev–Trinajstić information content (AvgIpc) is 2.51. The van der Waals surface area contributed by atoms with Crippen molar-refractivity contribution in [3.63, 3.8) is 0 Å². The molecule has 1 aromatic carbocycles. The molecule has 3 nitrogen and oxygen atoms in total. The van der Waals surface area contributed by atoms with Gasteiger partial charge < -0.3 is 15.0 Å². The number of nitrogens with zero attached hydrogens (tertiary/aromatic N) is 1. The van der Waals surface area contributed by atoms with Crippen molar-refractivity contribution in [2.45, 2.75) is 39.5 Å². The van der Waals surface area contributed by atoms with E-state index in [1.165, 1.54) is 32.4 Å². The number of rotatable bonds is 8. The highest BCUT2D eigenvalue weighted by Crippen LogP contribution is 2.24. The third-order valence-corrected chi connectivity index (χ3v) is 4.26. The number of hydrogen-bond acceptors (Lipinski definition) is 3. The van der Waals surface area contributed by atoms with E-state index >= 15 is 0 Å². The molecule has 21 heavy (non-hydrogen) atoms. The first-order valence-corrected chi connectivity index (χ1v) is 8.47. The summed E-state index contributed by atoms with van der Waals surface area (Å²) in [6.45, 7) is 9.96. The summed E-state index contributed by atoms with van der Waals surface area (Å²) in [7, 11) is 0. The monoisotopic (exact) mass is 290 g/mol. The van der Waals surface area contributed by atoms with Crippen molar-refractivity contribution in [3.05, 3.63) is 24.3 Å². The summed E-state index contributed by atoms with van der Waals surface area (Å²) >= 11 is 0. The Morgan fingerprint density at radius 3 is 2.76 bits per heavy atom. The zero-order valence-electron chi connectivity index (χ0n) is 13.6. The lowest BCUT2D eigenvalue weighted by Crippen LogP contribution is -2.36. The first kappa shape index (κ1) is 16.2. The Morgan fingerprint density at radius 2 is 2.00 bits per heavy atom. The summed E-state index contributed by atoms with van der Waals surface area (Å²) in [6, 6.07) is 8.27. The number of benzene rings is 1. The predicted octanol–water partition coefficient (Wildman–Crippen LogP) is 4.01. The Bertz CT molecular complexity index is 400. The molecular formula is C18H30N2O. The highest BCUT2D eigenvalue weighted by atomic mass is 16.5. The van der Waals surface area contributed by atoms with Gasteiger partial charge in [-0.1, -0.05) is 32.4 Å². The molecule has 0 unspecified atom stereocenters. The zero-order valence-corrected chi connectivity index (χ0v) is 13.6. The molecule has 1 fully saturated rings. The van der Waals surface area contributed by atoms with Gasteiger partial charge in [0.05, 0.1) is 12.3 Å². The fraction of sp³-hybridized carbons (Fsp3) is 0.667. The molecule has 1 saturated heterocycles. The number of unbranched alkanes of at least 4 members (excludes halogenated alkanes) is 1. The van der Waals surface area contributed by atoms with Gasteiger partial charge in [-0.25, -0.2) is 0 Å². The number of piperidine rings is 1. The zero-order chi connectivity index (χ0) is 14.9. The summed E-state index contributed by atoms with van der Waals surface area (Å²) in [6.07, 6.45) is 4.97. The van der Waals surface area contributed by atoms with Gasteiger partial charge >= 0.3 is 0 Å². The van der Waals surface area contributed by atoms with Gasteiger partial charge in [0.2, 0.25) is 0 Å².